The van der Waals surface area contributed by atoms with Crippen LogP contribution in [0.4, 0.5) is 13.2 Å². The summed E-state index contributed by atoms with van der Waals surface area (Å²) in [6, 6.07) is 0. The summed E-state index contributed by atoms with van der Waals surface area (Å²) in [7, 11) is -5.38. The summed E-state index contributed by atoms with van der Waals surface area (Å²) in [5.41, 5.74) is -5.31. The van der Waals surface area contributed by atoms with Crippen LogP contribution < -0.4 is 0 Å². The first-order valence-electron chi connectivity index (χ1n) is 4.27. The average Bonchev–Trinajstić information content (AvgIpc) is 2.02. The monoisotopic (exact) mass is 234 g/mol. The minimum absolute atomic E-state index is 0.323. The predicted molar refractivity (Wildman–Crippen MR) is 45.1 cm³/mol. The van der Waals surface area contributed by atoms with Crippen LogP contribution in [0.1, 0.15) is 32.6 Å². The minimum atomic E-state index is -5.38. The van der Waals surface area contributed by atoms with Gasteiger partial charge >= 0.3 is 15.6 Å². The van der Waals surface area contributed by atoms with Crippen molar-refractivity contribution in [2.75, 3.05) is 6.61 Å². The highest BCUT2D eigenvalue weighted by Gasteiger charge is 2.47. The van der Waals surface area contributed by atoms with Gasteiger partial charge in [-0.25, -0.2) is 0 Å². The SMILES string of the molecule is CCCCCCOS(=O)(=O)C(F)(F)F. The molecule has 0 radical (unpaired) electrons. The van der Waals surface area contributed by atoms with E-state index in [9.17, 15) is 21.6 Å². The molecule has 0 aromatic rings. The second-order valence-electron chi connectivity index (χ2n) is 2.78. The number of hydrogen-bond acceptors (Lipinski definition) is 3. The van der Waals surface area contributed by atoms with Crippen LogP contribution in [0, 0.1) is 0 Å². The van der Waals surface area contributed by atoms with E-state index in [4.69, 9.17) is 0 Å². The molecular formula is C7H13F3O3S. The van der Waals surface area contributed by atoms with Gasteiger partial charge in [-0.3, -0.25) is 4.18 Å². The summed E-state index contributed by atoms with van der Waals surface area (Å²) in [4.78, 5) is 0. The Bertz CT molecular complexity index is 245. The lowest BCUT2D eigenvalue weighted by molar-refractivity contribution is -0.0542. The number of halogens is 3. The van der Waals surface area contributed by atoms with Crippen molar-refractivity contribution in [3.8, 4) is 0 Å². The fraction of sp³-hybridized carbons (Fsp3) is 1.00. The molecule has 14 heavy (non-hydrogen) atoms. The Kier molecular flexibility index (Phi) is 5.43. The zero-order valence-corrected chi connectivity index (χ0v) is 8.62. The molecule has 0 saturated heterocycles. The average molecular weight is 234 g/mol. The lowest BCUT2D eigenvalue weighted by atomic mass is 10.2. The Morgan fingerprint density at radius 3 is 2.14 bits per heavy atom. The molecule has 0 bridgehead atoms. The molecule has 0 rings (SSSR count). The maximum atomic E-state index is 11.7. The van der Waals surface area contributed by atoms with Gasteiger partial charge in [0.25, 0.3) is 0 Å². The summed E-state index contributed by atoms with van der Waals surface area (Å²) in [5.74, 6) is 0. The van der Waals surface area contributed by atoms with Crippen molar-refractivity contribution in [2.45, 2.75) is 38.1 Å². The van der Waals surface area contributed by atoms with Crippen LogP contribution in [-0.2, 0) is 14.3 Å². The smallest absolute Gasteiger partial charge is 0.263 e. The minimum Gasteiger partial charge on any atom is -0.263 e. The molecule has 0 atom stereocenters. The highest BCUT2D eigenvalue weighted by molar-refractivity contribution is 7.87. The Morgan fingerprint density at radius 1 is 1.14 bits per heavy atom. The Labute approximate surface area is 81.4 Å². The normalized spacial score (nSPS) is 13.1. The number of hydrogen-bond donors (Lipinski definition) is 0. The van der Waals surface area contributed by atoms with E-state index in [1.165, 1.54) is 0 Å². The lowest BCUT2D eigenvalue weighted by Crippen LogP contribution is -2.25. The third kappa shape index (κ3) is 4.80. The number of rotatable bonds is 6. The van der Waals surface area contributed by atoms with Crippen molar-refractivity contribution in [1.82, 2.24) is 0 Å². The van der Waals surface area contributed by atoms with Crippen LogP contribution >= 0.6 is 0 Å². The van der Waals surface area contributed by atoms with Gasteiger partial charge in [-0.05, 0) is 6.42 Å². The Balaban J connectivity index is 3.80. The standard InChI is InChI=1S/C7H13F3O3S/c1-2-3-4-5-6-13-14(11,12)7(8,9)10/h2-6H2,1H3. The molecular weight excluding hydrogens is 221 g/mol. The van der Waals surface area contributed by atoms with E-state index >= 15 is 0 Å². The number of unbranched alkanes of at least 4 members (excludes halogenated alkanes) is 3. The first-order chi connectivity index (χ1) is 6.31. The fourth-order valence-corrected chi connectivity index (χ4v) is 1.24. The van der Waals surface area contributed by atoms with Gasteiger partial charge in [0.1, 0.15) is 0 Å². The summed E-state index contributed by atoms with van der Waals surface area (Å²) >= 11 is 0. The zero-order valence-electron chi connectivity index (χ0n) is 7.80. The summed E-state index contributed by atoms with van der Waals surface area (Å²) in [6.07, 6.45) is 2.77. The van der Waals surface area contributed by atoms with Gasteiger partial charge in [-0.2, -0.15) is 21.6 Å². The van der Waals surface area contributed by atoms with Crippen LogP contribution in [0.3, 0.4) is 0 Å². The molecule has 0 aromatic heterocycles. The topological polar surface area (TPSA) is 43.4 Å². The van der Waals surface area contributed by atoms with Gasteiger partial charge in [0.2, 0.25) is 0 Å². The maximum absolute atomic E-state index is 11.7. The van der Waals surface area contributed by atoms with E-state index in [0.717, 1.165) is 12.8 Å². The second-order valence-corrected chi connectivity index (χ2v) is 4.39. The molecule has 3 nitrogen and oxygen atoms in total. The van der Waals surface area contributed by atoms with Crippen LogP contribution in [0.15, 0.2) is 0 Å². The van der Waals surface area contributed by atoms with E-state index in [-0.39, 0.29) is 0 Å². The maximum Gasteiger partial charge on any atom is 0.523 e. The van der Waals surface area contributed by atoms with Gasteiger partial charge in [-0.15, -0.1) is 0 Å². The molecule has 7 heteroatoms. The van der Waals surface area contributed by atoms with E-state index in [2.05, 4.69) is 4.18 Å². The third-order valence-corrected chi connectivity index (χ3v) is 2.56. The molecule has 0 heterocycles. The van der Waals surface area contributed by atoms with Crippen LogP contribution in [0.2, 0.25) is 0 Å². The van der Waals surface area contributed by atoms with E-state index in [0.29, 0.717) is 12.8 Å². The molecule has 0 spiro atoms. The first kappa shape index (κ1) is 13.7. The van der Waals surface area contributed by atoms with Crippen molar-refractivity contribution >= 4 is 10.1 Å². The molecule has 0 aliphatic heterocycles. The van der Waals surface area contributed by atoms with Crippen LogP contribution in [0.5, 0.6) is 0 Å². The summed E-state index contributed by atoms with van der Waals surface area (Å²) < 4.78 is 59.6. The molecule has 0 fully saturated rings. The Hall–Kier alpha value is -0.300. The van der Waals surface area contributed by atoms with Crippen LogP contribution in [0.25, 0.3) is 0 Å². The first-order valence-corrected chi connectivity index (χ1v) is 5.68. The van der Waals surface area contributed by atoms with E-state index < -0.39 is 22.2 Å². The number of alkyl halides is 3. The van der Waals surface area contributed by atoms with Gasteiger partial charge in [0.15, 0.2) is 0 Å². The van der Waals surface area contributed by atoms with Crippen molar-refractivity contribution < 1.29 is 25.8 Å². The van der Waals surface area contributed by atoms with Gasteiger partial charge < -0.3 is 0 Å². The molecule has 0 unspecified atom stereocenters. The fourth-order valence-electron chi connectivity index (χ4n) is 0.764. The lowest BCUT2D eigenvalue weighted by Gasteiger charge is -2.07. The quantitative estimate of drug-likeness (QED) is 0.402. The van der Waals surface area contributed by atoms with Gasteiger partial charge in [0.05, 0.1) is 6.61 Å². The molecule has 0 aromatic carbocycles. The molecule has 0 N–H and O–H groups in total. The highest BCUT2D eigenvalue weighted by Crippen LogP contribution is 2.24. The molecule has 0 saturated carbocycles. The summed E-state index contributed by atoms with van der Waals surface area (Å²) in [6.45, 7) is 1.54. The molecule has 0 amide bonds. The van der Waals surface area contributed by atoms with E-state index in [1.807, 2.05) is 6.92 Å². The van der Waals surface area contributed by atoms with Crippen molar-refractivity contribution in [3.63, 3.8) is 0 Å². The predicted octanol–water partition coefficient (Wildman–Crippen LogP) is 2.43. The third-order valence-electron chi connectivity index (χ3n) is 1.52. The second kappa shape index (κ2) is 5.55. The summed E-state index contributed by atoms with van der Waals surface area (Å²) in [5, 5.41) is 0. The van der Waals surface area contributed by atoms with Gasteiger partial charge in [-0.1, -0.05) is 26.2 Å². The van der Waals surface area contributed by atoms with E-state index in [1.54, 1.807) is 0 Å². The zero-order chi connectivity index (χ0) is 11.2. The van der Waals surface area contributed by atoms with Crippen LogP contribution in [-0.4, -0.2) is 20.5 Å². The van der Waals surface area contributed by atoms with Crippen molar-refractivity contribution in [1.29, 1.82) is 0 Å². The molecule has 0 aliphatic rings. The molecule has 0 aliphatic carbocycles. The van der Waals surface area contributed by atoms with Gasteiger partial charge in [0, 0.05) is 0 Å². The Morgan fingerprint density at radius 2 is 1.71 bits per heavy atom. The molecule has 86 valence electrons. The van der Waals surface area contributed by atoms with Crippen molar-refractivity contribution in [3.05, 3.63) is 0 Å². The largest absolute Gasteiger partial charge is 0.523 e. The van der Waals surface area contributed by atoms with Crippen molar-refractivity contribution in [2.24, 2.45) is 0 Å². The highest BCUT2D eigenvalue weighted by atomic mass is 32.2.